The second-order valence-corrected chi connectivity index (χ2v) is 6.92. The average molecular weight is 377 g/mol. The highest BCUT2D eigenvalue weighted by Crippen LogP contribution is 2.35. The largest absolute Gasteiger partial charge is 0.623 e. The van der Waals surface area contributed by atoms with Crippen molar-refractivity contribution in [1.29, 1.82) is 0 Å². The minimum absolute atomic E-state index is 0.0130. The van der Waals surface area contributed by atoms with Crippen molar-refractivity contribution < 1.29 is 23.8 Å². The Morgan fingerprint density at radius 1 is 1.22 bits per heavy atom. The van der Waals surface area contributed by atoms with Crippen LogP contribution >= 0.6 is 0 Å². The van der Waals surface area contributed by atoms with Crippen LogP contribution in [0.2, 0.25) is 0 Å². The van der Waals surface area contributed by atoms with E-state index in [2.05, 4.69) is 5.43 Å². The summed E-state index contributed by atoms with van der Waals surface area (Å²) in [6, 6.07) is 8.92. The van der Waals surface area contributed by atoms with Gasteiger partial charge in [0.15, 0.2) is 6.04 Å². The van der Waals surface area contributed by atoms with Gasteiger partial charge in [-0.05, 0) is 39.8 Å². The summed E-state index contributed by atoms with van der Waals surface area (Å²) in [6.45, 7) is 7.62. The molecule has 1 heterocycles. The van der Waals surface area contributed by atoms with Gasteiger partial charge in [0.05, 0.1) is 18.6 Å². The van der Waals surface area contributed by atoms with Gasteiger partial charge in [-0.15, -0.1) is 0 Å². The Balaban J connectivity index is 2.25. The fourth-order valence-electron chi connectivity index (χ4n) is 3.35. The zero-order chi connectivity index (χ0) is 20.0. The molecule has 2 rings (SSSR count). The zero-order valence-corrected chi connectivity index (χ0v) is 16.2. The molecule has 8 nitrogen and oxygen atoms in total. The van der Waals surface area contributed by atoms with E-state index in [1.54, 1.807) is 13.8 Å². The molecule has 8 heteroatoms. The van der Waals surface area contributed by atoms with Crippen molar-refractivity contribution in [1.82, 2.24) is 10.4 Å². The lowest BCUT2D eigenvalue weighted by atomic mass is 9.81. The van der Waals surface area contributed by atoms with Gasteiger partial charge in [0, 0.05) is 12.0 Å². The number of nitrogens with one attached hydrogen (secondary N) is 1. The number of carbonyl (C=O) groups excluding carboxylic acids is 2. The standard InChI is InChI=1S/C19H27N3O5/c1-5-26-17(23)20-21(18(24)27-6-2)13-15-12-19(3,4)16(22(15)25)14-10-8-7-9-11-14/h7-11,15H,5-6,12-13H2,1-4H3,(H,20,23). The van der Waals surface area contributed by atoms with E-state index < -0.39 is 18.2 Å². The number of hydroxylamine groups is 1. The van der Waals surface area contributed by atoms with E-state index in [0.29, 0.717) is 12.1 Å². The van der Waals surface area contributed by atoms with Crippen LogP contribution in [0.1, 0.15) is 39.7 Å². The van der Waals surface area contributed by atoms with Crippen LogP contribution in [0.15, 0.2) is 30.3 Å². The Labute approximate surface area is 159 Å². The van der Waals surface area contributed by atoms with E-state index in [1.165, 1.54) is 0 Å². The molecular formula is C19H27N3O5. The van der Waals surface area contributed by atoms with Gasteiger partial charge >= 0.3 is 12.2 Å². The summed E-state index contributed by atoms with van der Waals surface area (Å²) >= 11 is 0. The molecule has 0 saturated carbocycles. The Bertz CT molecular complexity index is 703. The lowest BCUT2D eigenvalue weighted by Gasteiger charge is -2.24. The molecule has 148 valence electrons. The van der Waals surface area contributed by atoms with Crippen LogP contribution in [-0.4, -0.2) is 53.4 Å². The summed E-state index contributed by atoms with van der Waals surface area (Å²) < 4.78 is 10.7. The molecule has 1 aromatic carbocycles. The fourth-order valence-corrected chi connectivity index (χ4v) is 3.35. The highest BCUT2D eigenvalue weighted by Gasteiger charge is 2.46. The fraction of sp³-hybridized carbons (Fsp3) is 0.526. The first-order chi connectivity index (χ1) is 12.8. The Morgan fingerprint density at radius 2 is 1.85 bits per heavy atom. The van der Waals surface area contributed by atoms with E-state index in [4.69, 9.17) is 9.47 Å². The number of hydrazine groups is 1. The molecule has 27 heavy (non-hydrogen) atoms. The summed E-state index contributed by atoms with van der Waals surface area (Å²) in [6.07, 6.45) is -0.973. The van der Waals surface area contributed by atoms with Gasteiger partial charge in [-0.1, -0.05) is 18.2 Å². The quantitative estimate of drug-likeness (QED) is 0.484. The van der Waals surface area contributed by atoms with Gasteiger partial charge in [-0.25, -0.2) is 24.8 Å². The minimum Gasteiger partial charge on any atom is -0.623 e. The highest BCUT2D eigenvalue weighted by atomic mass is 16.6. The third kappa shape index (κ3) is 4.90. The van der Waals surface area contributed by atoms with E-state index in [1.807, 2.05) is 44.2 Å². The van der Waals surface area contributed by atoms with Crippen LogP contribution < -0.4 is 5.43 Å². The number of hydrogen-bond donors (Lipinski definition) is 1. The first kappa shape index (κ1) is 20.5. The van der Waals surface area contributed by atoms with E-state index in [9.17, 15) is 14.8 Å². The molecule has 0 bridgehead atoms. The third-order valence-electron chi connectivity index (χ3n) is 4.37. The summed E-state index contributed by atoms with van der Waals surface area (Å²) in [4.78, 5) is 23.9. The van der Waals surface area contributed by atoms with Crippen LogP contribution in [-0.2, 0) is 9.47 Å². The third-order valence-corrected chi connectivity index (χ3v) is 4.37. The summed E-state index contributed by atoms with van der Waals surface area (Å²) in [5.41, 5.74) is 3.49. The number of carbonyl (C=O) groups is 2. The molecule has 1 N–H and O–H groups in total. The van der Waals surface area contributed by atoms with Crippen molar-refractivity contribution in [3.63, 3.8) is 0 Å². The van der Waals surface area contributed by atoms with E-state index in [-0.39, 0.29) is 25.2 Å². The molecule has 1 aromatic rings. The van der Waals surface area contributed by atoms with Crippen LogP contribution in [0.3, 0.4) is 0 Å². The number of nitrogens with zero attached hydrogens (tertiary/aromatic N) is 2. The van der Waals surface area contributed by atoms with E-state index >= 15 is 0 Å². The second-order valence-electron chi connectivity index (χ2n) is 6.92. The van der Waals surface area contributed by atoms with Gasteiger partial charge in [0.1, 0.15) is 6.54 Å². The molecule has 0 fully saturated rings. The van der Waals surface area contributed by atoms with Gasteiger partial charge in [-0.2, -0.15) is 0 Å². The van der Waals surface area contributed by atoms with Crippen LogP contribution in [0.4, 0.5) is 9.59 Å². The number of rotatable bonds is 5. The summed E-state index contributed by atoms with van der Waals surface area (Å²) in [7, 11) is 0. The topological polar surface area (TPSA) is 93.9 Å². The van der Waals surface area contributed by atoms with Crippen LogP contribution in [0.25, 0.3) is 0 Å². The van der Waals surface area contributed by atoms with Gasteiger partial charge in [0.25, 0.3) is 0 Å². The summed E-state index contributed by atoms with van der Waals surface area (Å²) in [5.74, 6) is 0. The maximum absolute atomic E-state index is 13.0. The van der Waals surface area contributed by atoms with Crippen molar-refractivity contribution in [2.45, 2.75) is 40.2 Å². The van der Waals surface area contributed by atoms with Crippen molar-refractivity contribution in [3.8, 4) is 0 Å². The second kappa shape index (κ2) is 8.75. The van der Waals surface area contributed by atoms with Crippen LogP contribution in [0.5, 0.6) is 0 Å². The van der Waals surface area contributed by atoms with Crippen molar-refractivity contribution in [3.05, 3.63) is 41.1 Å². The molecule has 0 aromatic heterocycles. The lowest BCUT2D eigenvalue weighted by Crippen LogP contribution is -2.51. The molecule has 0 radical (unpaired) electrons. The number of amides is 2. The van der Waals surface area contributed by atoms with Gasteiger partial charge in [-0.3, -0.25) is 0 Å². The Hall–Kier alpha value is -2.77. The first-order valence-electron chi connectivity index (χ1n) is 9.07. The maximum Gasteiger partial charge on any atom is 0.428 e. The van der Waals surface area contributed by atoms with Crippen molar-refractivity contribution >= 4 is 17.9 Å². The molecule has 1 aliphatic rings. The predicted octanol–water partition coefficient (Wildman–Crippen LogP) is 2.90. The van der Waals surface area contributed by atoms with Crippen molar-refractivity contribution in [2.24, 2.45) is 5.41 Å². The molecule has 1 atom stereocenters. The SMILES string of the molecule is CCOC(=O)NN(CC1CC(C)(C)C(c2ccccc2)=[N+]1[O-])C(=O)OCC. The smallest absolute Gasteiger partial charge is 0.428 e. The maximum atomic E-state index is 13.0. The van der Waals surface area contributed by atoms with Crippen LogP contribution in [0, 0.1) is 10.6 Å². The molecule has 1 unspecified atom stereocenters. The minimum atomic E-state index is -0.771. The Morgan fingerprint density at radius 3 is 2.44 bits per heavy atom. The number of ether oxygens (including phenoxy) is 2. The first-order valence-corrected chi connectivity index (χ1v) is 9.07. The average Bonchev–Trinajstić information content (AvgIpc) is 2.84. The normalized spacial score (nSPS) is 18.1. The van der Waals surface area contributed by atoms with Gasteiger partial charge in [0.2, 0.25) is 5.71 Å². The highest BCUT2D eigenvalue weighted by molar-refractivity contribution is 6.01. The Kier molecular flexibility index (Phi) is 6.65. The lowest BCUT2D eigenvalue weighted by molar-refractivity contribution is -0.492. The molecule has 0 saturated heterocycles. The number of hydrogen-bond acceptors (Lipinski definition) is 5. The molecule has 1 aliphatic heterocycles. The summed E-state index contributed by atoms with van der Waals surface area (Å²) in [5, 5.41) is 14.0. The molecule has 0 aliphatic carbocycles. The van der Waals surface area contributed by atoms with Crippen molar-refractivity contribution in [2.75, 3.05) is 19.8 Å². The van der Waals surface area contributed by atoms with Gasteiger partial charge < -0.3 is 14.7 Å². The van der Waals surface area contributed by atoms with E-state index in [0.717, 1.165) is 15.3 Å². The molecular weight excluding hydrogens is 350 g/mol. The number of benzene rings is 1. The predicted molar refractivity (Wildman–Crippen MR) is 100 cm³/mol. The monoisotopic (exact) mass is 377 g/mol. The zero-order valence-electron chi connectivity index (χ0n) is 16.2. The molecule has 2 amide bonds. The molecule has 0 spiro atoms.